The van der Waals surface area contributed by atoms with Crippen LogP contribution in [0.3, 0.4) is 0 Å². The first kappa shape index (κ1) is 14.0. The Bertz CT molecular complexity index is 628. The van der Waals surface area contributed by atoms with Crippen LogP contribution >= 0.6 is 0 Å². The third-order valence-corrected chi connectivity index (χ3v) is 2.95. The highest BCUT2D eigenvalue weighted by Crippen LogP contribution is 2.33. The summed E-state index contributed by atoms with van der Waals surface area (Å²) < 4.78 is 44.6. The monoisotopic (exact) mass is 287 g/mol. The number of nitrogens with one attached hydrogen (secondary N) is 2. The van der Waals surface area contributed by atoms with Gasteiger partial charge in [0.05, 0.1) is 6.07 Å². The molecule has 106 valence electrons. The minimum atomic E-state index is -4.95. The minimum absolute atomic E-state index is 0.0671. The summed E-state index contributed by atoms with van der Waals surface area (Å²) in [7, 11) is 0. The van der Waals surface area contributed by atoms with E-state index in [0.29, 0.717) is 0 Å². The maximum absolute atomic E-state index is 13.3. The van der Waals surface area contributed by atoms with Gasteiger partial charge >= 0.3 is 11.8 Å². The van der Waals surface area contributed by atoms with E-state index < -0.39 is 23.5 Å². The lowest BCUT2D eigenvalue weighted by molar-refractivity contribution is -0.567. The van der Waals surface area contributed by atoms with Gasteiger partial charge in [0.2, 0.25) is 0 Å². The lowest BCUT2D eigenvalue weighted by Crippen LogP contribution is -2.93. The van der Waals surface area contributed by atoms with Crippen LogP contribution in [-0.2, 0) is 4.79 Å². The van der Waals surface area contributed by atoms with E-state index in [9.17, 15) is 18.0 Å². The van der Waals surface area contributed by atoms with E-state index in [-0.39, 0.29) is 17.3 Å². The summed E-state index contributed by atoms with van der Waals surface area (Å²) in [6.45, 7) is 2.76. The topological polar surface area (TPSA) is 92.9 Å². The fourth-order valence-corrected chi connectivity index (χ4v) is 1.99. The molecule has 1 aromatic heterocycles. The van der Waals surface area contributed by atoms with E-state index in [1.54, 1.807) is 6.07 Å². The van der Waals surface area contributed by atoms with Crippen molar-refractivity contribution in [2.24, 2.45) is 5.92 Å². The molecule has 0 bridgehead atoms. The van der Waals surface area contributed by atoms with Crippen molar-refractivity contribution >= 4 is 17.3 Å². The summed E-state index contributed by atoms with van der Waals surface area (Å²) in [6.07, 6.45) is -4.95. The number of carbonyl (C=O) groups is 1. The second-order valence-electron chi connectivity index (χ2n) is 4.43. The fraction of sp³-hybridized carbons (Fsp3) is 0.455. The van der Waals surface area contributed by atoms with Gasteiger partial charge in [-0.05, 0) is 6.92 Å². The Morgan fingerprint density at radius 1 is 1.55 bits per heavy atom. The molecule has 2 atom stereocenters. The molecule has 0 saturated carbocycles. The third kappa shape index (κ3) is 1.93. The molecule has 0 amide bonds. The number of Topliss-reactive ketones (excluding diaryl/α,β-unsaturated/α-hetero) is 1. The number of alkyl halides is 3. The van der Waals surface area contributed by atoms with Gasteiger partial charge in [0, 0.05) is 13.0 Å². The summed E-state index contributed by atoms with van der Waals surface area (Å²) in [5, 5.41) is 14.2. The number of hydrogen-bond acceptors (Lipinski definition) is 5. The van der Waals surface area contributed by atoms with Gasteiger partial charge in [0.1, 0.15) is 5.76 Å². The molecule has 0 aromatic carbocycles. The molecule has 0 saturated heterocycles. The van der Waals surface area contributed by atoms with Gasteiger partial charge in [-0.15, -0.1) is 0 Å². The minimum Gasteiger partial charge on any atom is -0.360 e. The smallest absolute Gasteiger partial charge is 0.360 e. The number of ketones is 1. The Hall–Kier alpha value is -2.37. The average Bonchev–Trinajstić information content (AvgIpc) is 2.82. The Morgan fingerprint density at radius 3 is 2.60 bits per heavy atom. The van der Waals surface area contributed by atoms with Crippen LogP contribution in [0.15, 0.2) is 10.6 Å². The predicted molar refractivity (Wildman–Crippen MR) is 59.4 cm³/mol. The molecule has 0 aliphatic carbocycles. The first-order valence-corrected chi connectivity index (χ1v) is 5.55. The predicted octanol–water partition coefficient (Wildman–Crippen LogP) is -0.0825. The van der Waals surface area contributed by atoms with Gasteiger partial charge in [0.25, 0.3) is 5.78 Å². The molecule has 1 aliphatic heterocycles. The average molecular weight is 287 g/mol. The molecule has 2 rings (SSSR count). The third-order valence-electron chi connectivity index (χ3n) is 2.95. The summed E-state index contributed by atoms with van der Waals surface area (Å²) in [4.78, 5) is 14.0. The second kappa shape index (κ2) is 4.33. The Morgan fingerprint density at radius 2 is 2.20 bits per heavy atom. The van der Waals surface area contributed by atoms with Crippen LogP contribution in [0.5, 0.6) is 0 Å². The van der Waals surface area contributed by atoms with E-state index in [0.717, 1.165) is 0 Å². The van der Waals surface area contributed by atoms with Crippen molar-refractivity contribution < 1.29 is 27.5 Å². The molecule has 6 nitrogen and oxygen atoms in total. The molecule has 1 aromatic rings. The SMILES string of the molecule is CC1=[NH+][C@@](Nc2cc(C)on2)(C(F)(F)F)C(=O)[C@@H]1C#N. The zero-order valence-electron chi connectivity index (χ0n) is 10.5. The van der Waals surface area contributed by atoms with Crippen LogP contribution in [0.4, 0.5) is 19.0 Å². The summed E-state index contributed by atoms with van der Waals surface area (Å²) in [6, 6.07) is 2.77. The zero-order valence-corrected chi connectivity index (χ0v) is 10.5. The fourth-order valence-electron chi connectivity index (χ4n) is 1.99. The van der Waals surface area contributed by atoms with E-state index in [4.69, 9.17) is 5.26 Å². The Labute approximate surface area is 111 Å². The number of nitriles is 1. The number of anilines is 1. The largest absolute Gasteiger partial charge is 0.485 e. The lowest BCUT2D eigenvalue weighted by Gasteiger charge is -2.22. The van der Waals surface area contributed by atoms with Crippen molar-refractivity contribution in [3.8, 4) is 6.07 Å². The molecule has 2 heterocycles. The first-order chi connectivity index (χ1) is 9.21. The number of rotatable bonds is 2. The molecular weight excluding hydrogens is 277 g/mol. The van der Waals surface area contributed by atoms with E-state index in [2.05, 4.69) is 9.68 Å². The number of carbonyl (C=O) groups excluding carboxylic acids is 1. The zero-order chi connectivity index (χ0) is 15.1. The van der Waals surface area contributed by atoms with Gasteiger partial charge in [0.15, 0.2) is 17.4 Å². The number of nitrogens with zero attached hydrogens (tertiary/aromatic N) is 2. The molecule has 9 heteroatoms. The van der Waals surface area contributed by atoms with Gasteiger partial charge in [-0.3, -0.25) is 10.1 Å². The standard InChI is InChI=1S/C11H9F3N4O2/c1-5-3-8(18-20-5)17-10(11(12,13)14)9(19)7(4-15)6(2)16-10/h3,7H,1-2H3,(H,17,18)/p+1/t7-,10+/m1/s1. The molecular formula is C11H10F3N4O2+. The van der Waals surface area contributed by atoms with Crippen molar-refractivity contribution in [1.82, 2.24) is 5.16 Å². The molecule has 2 N–H and O–H groups in total. The normalized spacial score (nSPS) is 26.3. The summed E-state index contributed by atoms with van der Waals surface area (Å²) in [5.41, 5.74) is -3.14. The first-order valence-electron chi connectivity index (χ1n) is 5.55. The molecule has 1 aliphatic rings. The Kier molecular flexibility index (Phi) is 3.04. The van der Waals surface area contributed by atoms with Crippen LogP contribution in [-0.4, -0.2) is 28.5 Å². The Balaban J connectivity index is 2.49. The molecule has 0 unspecified atom stereocenters. The van der Waals surface area contributed by atoms with Gasteiger partial charge in [-0.2, -0.15) is 18.4 Å². The van der Waals surface area contributed by atoms with Crippen LogP contribution < -0.4 is 10.3 Å². The van der Waals surface area contributed by atoms with Crippen molar-refractivity contribution in [3.05, 3.63) is 11.8 Å². The van der Waals surface area contributed by atoms with Crippen LogP contribution in [0.1, 0.15) is 12.7 Å². The van der Waals surface area contributed by atoms with Gasteiger partial charge in [-0.25, -0.2) is 4.99 Å². The summed E-state index contributed by atoms with van der Waals surface area (Å²) >= 11 is 0. The van der Waals surface area contributed by atoms with Crippen LogP contribution in [0.2, 0.25) is 0 Å². The van der Waals surface area contributed by atoms with Gasteiger partial charge < -0.3 is 4.52 Å². The van der Waals surface area contributed by atoms with Crippen molar-refractivity contribution in [3.63, 3.8) is 0 Å². The van der Waals surface area contributed by atoms with E-state index >= 15 is 0 Å². The maximum atomic E-state index is 13.3. The lowest BCUT2D eigenvalue weighted by atomic mass is 9.95. The number of aromatic nitrogens is 1. The number of aryl methyl sites for hydroxylation is 1. The van der Waals surface area contributed by atoms with Crippen molar-refractivity contribution in [2.45, 2.75) is 25.7 Å². The van der Waals surface area contributed by atoms with E-state index in [1.165, 1.54) is 19.9 Å². The highest BCUT2D eigenvalue weighted by Gasteiger charge is 2.72. The quantitative estimate of drug-likeness (QED) is 0.793. The molecule has 20 heavy (non-hydrogen) atoms. The maximum Gasteiger partial charge on any atom is 0.485 e. The van der Waals surface area contributed by atoms with Crippen LogP contribution in [0.25, 0.3) is 0 Å². The van der Waals surface area contributed by atoms with Crippen molar-refractivity contribution in [1.29, 1.82) is 5.26 Å². The second-order valence-corrected chi connectivity index (χ2v) is 4.43. The van der Waals surface area contributed by atoms with Crippen LogP contribution in [0, 0.1) is 24.2 Å². The highest BCUT2D eigenvalue weighted by molar-refractivity contribution is 6.11. The summed E-state index contributed by atoms with van der Waals surface area (Å²) in [5.74, 6) is -2.75. The number of hydrogen-bond donors (Lipinski definition) is 2. The van der Waals surface area contributed by atoms with Gasteiger partial charge in [-0.1, -0.05) is 5.16 Å². The van der Waals surface area contributed by atoms with Crippen molar-refractivity contribution in [2.75, 3.05) is 5.32 Å². The highest BCUT2D eigenvalue weighted by atomic mass is 19.4. The molecule has 0 radical (unpaired) electrons. The van der Waals surface area contributed by atoms with E-state index in [1.807, 2.05) is 10.3 Å². The molecule has 0 spiro atoms. The number of halogens is 3. The molecule has 0 fully saturated rings.